The van der Waals surface area contributed by atoms with Crippen LogP contribution >= 0.6 is 11.3 Å². The van der Waals surface area contributed by atoms with Crippen molar-refractivity contribution in [2.24, 2.45) is 5.92 Å². The van der Waals surface area contributed by atoms with Crippen LogP contribution < -0.4 is 10.2 Å². The number of piperidine rings is 1. The summed E-state index contributed by atoms with van der Waals surface area (Å²) < 4.78 is 0. The first-order valence-electron chi connectivity index (χ1n) is 8.04. The van der Waals surface area contributed by atoms with Gasteiger partial charge >= 0.3 is 5.97 Å². The maximum atomic E-state index is 11.6. The fourth-order valence-corrected chi connectivity index (χ4v) is 4.05. The third-order valence-electron chi connectivity index (χ3n) is 4.32. The number of carbonyl (C=O) groups is 2. The van der Waals surface area contributed by atoms with Crippen LogP contribution in [0.3, 0.4) is 0 Å². The van der Waals surface area contributed by atoms with E-state index in [0.29, 0.717) is 18.2 Å². The number of nitrogens with one attached hydrogen (secondary N) is 1. The van der Waals surface area contributed by atoms with Gasteiger partial charge in [-0.3, -0.25) is 4.79 Å². The van der Waals surface area contributed by atoms with Gasteiger partial charge in [0.2, 0.25) is 6.41 Å². The minimum Gasteiger partial charge on any atom is -0.477 e. The summed E-state index contributed by atoms with van der Waals surface area (Å²) in [4.78, 5) is 25.9. The lowest BCUT2D eigenvalue weighted by atomic mass is 9.97. The maximum Gasteiger partial charge on any atom is 0.348 e. The van der Waals surface area contributed by atoms with Gasteiger partial charge in [0.25, 0.3) is 0 Å². The highest BCUT2D eigenvalue weighted by Crippen LogP contribution is 2.37. The lowest BCUT2D eigenvalue weighted by molar-refractivity contribution is -0.107. The molecule has 0 radical (unpaired) electrons. The number of carboxylic acids is 1. The number of aromatic carboxylic acids is 1. The molecule has 1 fully saturated rings. The van der Waals surface area contributed by atoms with E-state index in [-0.39, 0.29) is 4.88 Å². The monoisotopic (exact) mass is 344 g/mol. The largest absolute Gasteiger partial charge is 0.477 e. The second-order valence-corrected chi connectivity index (χ2v) is 7.00. The number of benzene rings is 1. The number of hydrogen-bond acceptors (Lipinski definition) is 4. The Morgan fingerprint density at radius 1 is 1.29 bits per heavy atom. The summed E-state index contributed by atoms with van der Waals surface area (Å²) in [6, 6.07) is 11.5. The molecule has 0 aliphatic carbocycles. The highest BCUT2D eigenvalue weighted by Gasteiger charge is 2.24. The quantitative estimate of drug-likeness (QED) is 0.790. The SMILES string of the molecule is O=CN(CC1CCNCC1)c1cc(-c2ccccc2)sc1C(=O)O. The number of hydrogen-bond donors (Lipinski definition) is 2. The number of anilines is 1. The molecule has 1 aliphatic rings. The Morgan fingerprint density at radius 3 is 2.62 bits per heavy atom. The minimum atomic E-state index is -0.991. The third-order valence-corrected chi connectivity index (χ3v) is 5.48. The van der Waals surface area contributed by atoms with Crippen molar-refractivity contribution in [3.63, 3.8) is 0 Å². The standard InChI is InChI=1S/C18H20N2O3S/c21-12-20(11-13-6-8-19-9-7-13)15-10-16(24-17(15)18(22)23)14-4-2-1-3-5-14/h1-5,10,12-13,19H,6-9,11H2,(H,22,23). The summed E-state index contributed by atoms with van der Waals surface area (Å²) in [7, 11) is 0. The van der Waals surface area contributed by atoms with E-state index in [4.69, 9.17) is 0 Å². The molecule has 126 valence electrons. The lowest BCUT2D eigenvalue weighted by Gasteiger charge is -2.27. The second kappa shape index (κ2) is 7.59. The normalized spacial score (nSPS) is 15.2. The third kappa shape index (κ3) is 3.66. The Balaban J connectivity index is 1.90. The fraction of sp³-hybridized carbons (Fsp3) is 0.333. The van der Waals surface area contributed by atoms with Crippen LogP contribution in [0.15, 0.2) is 36.4 Å². The van der Waals surface area contributed by atoms with Gasteiger partial charge in [0.15, 0.2) is 0 Å². The van der Waals surface area contributed by atoms with E-state index in [2.05, 4.69) is 5.32 Å². The maximum absolute atomic E-state index is 11.6. The van der Waals surface area contributed by atoms with Gasteiger partial charge in [-0.05, 0) is 43.5 Å². The molecule has 0 unspecified atom stereocenters. The van der Waals surface area contributed by atoms with Crippen LogP contribution in [0.1, 0.15) is 22.5 Å². The Hall–Kier alpha value is -2.18. The molecule has 0 atom stereocenters. The number of nitrogens with zero attached hydrogens (tertiary/aromatic N) is 1. The fourth-order valence-electron chi connectivity index (χ4n) is 3.03. The van der Waals surface area contributed by atoms with Crippen LogP contribution in [0.4, 0.5) is 5.69 Å². The van der Waals surface area contributed by atoms with E-state index in [9.17, 15) is 14.7 Å². The van der Waals surface area contributed by atoms with Gasteiger partial charge in [-0.1, -0.05) is 30.3 Å². The van der Waals surface area contributed by atoms with Crippen LogP contribution in [0.5, 0.6) is 0 Å². The number of thiophene rings is 1. The van der Waals surface area contributed by atoms with E-state index in [0.717, 1.165) is 42.8 Å². The molecular formula is C18H20N2O3S. The van der Waals surface area contributed by atoms with Gasteiger partial charge in [-0.2, -0.15) is 0 Å². The Labute approximate surface area is 144 Å². The van der Waals surface area contributed by atoms with Crippen molar-refractivity contribution in [1.29, 1.82) is 0 Å². The minimum absolute atomic E-state index is 0.217. The topological polar surface area (TPSA) is 69.6 Å². The number of carboxylic acid groups (broad SMARTS) is 1. The van der Waals surface area contributed by atoms with Crippen molar-refractivity contribution >= 4 is 29.4 Å². The molecule has 6 heteroatoms. The molecule has 2 aromatic rings. The van der Waals surface area contributed by atoms with Crippen LogP contribution in [-0.2, 0) is 4.79 Å². The second-order valence-electron chi connectivity index (χ2n) is 5.95. The predicted octanol–water partition coefficient (Wildman–Crippen LogP) is 3.08. The zero-order valence-electron chi connectivity index (χ0n) is 13.3. The predicted molar refractivity (Wildman–Crippen MR) is 95.7 cm³/mol. The molecular weight excluding hydrogens is 324 g/mol. The van der Waals surface area contributed by atoms with Crippen LogP contribution in [0, 0.1) is 5.92 Å². The first-order chi connectivity index (χ1) is 11.7. The Kier molecular flexibility index (Phi) is 5.27. The van der Waals surface area contributed by atoms with Crippen molar-refractivity contribution in [2.75, 3.05) is 24.5 Å². The van der Waals surface area contributed by atoms with Gasteiger partial charge in [-0.25, -0.2) is 4.79 Å². The van der Waals surface area contributed by atoms with Crippen molar-refractivity contribution in [3.8, 4) is 10.4 Å². The number of rotatable bonds is 6. The summed E-state index contributed by atoms with van der Waals surface area (Å²) in [5.41, 5.74) is 1.46. The van der Waals surface area contributed by atoms with E-state index in [1.54, 1.807) is 4.90 Å². The molecule has 1 aromatic carbocycles. The molecule has 5 nitrogen and oxygen atoms in total. The van der Waals surface area contributed by atoms with E-state index < -0.39 is 5.97 Å². The van der Waals surface area contributed by atoms with E-state index in [1.807, 2.05) is 36.4 Å². The number of carbonyl (C=O) groups excluding carboxylic acids is 1. The molecule has 1 aliphatic heterocycles. The zero-order chi connectivity index (χ0) is 16.9. The summed E-state index contributed by atoms with van der Waals surface area (Å²) in [5.74, 6) is -0.590. The van der Waals surface area contributed by atoms with Gasteiger partial charge in [0, 0.05) is 11.4 Å². The lowest BCUT2D eigenvalue weighted by Crippen LogP contribution is -2.36. The van der Waals surface area contributed by atoms with Crippen LogP contribution in [0.25, 0.3) is 10.4 Å². The summed E-state index contributed by atoms with van der Waals surface area (Å²) in [6.07, 6.45) is 2.76. The van der Waals surface area contributed by atoms with Crippen molar-refractivity contribution in [1.82, 2.24) is 5.32 Å². The molecule has 0 bridgehead atoms. The van der Waals surface area contributed by atoms with Gasteiger partial charge in [-0.15, -0.1) is 11.3 Å². The van der Waals surface area contributed by atoms with Gasteiger partial charge < -0.3 is 15.3 Å². The van der Waals surface area contributed by atoms with Crippen molar-refractivity contribution in [3.05, 3.63) is 41.3 Å². The highest BCUT2D eigenvalue weighted by atomic mass is 32.1. The summed E-state index contributed by atoms with van der Waals surface area (Å²) in [6.45, 7) is 2.46. The molecule has 3 rings (SSSR count). The molecule has 1 aromatic heterocycles. The summed E-state index contributed by atoms with van der Waals surface area (Å²) in [5, 5.41) is 12.8. The van der Waals surface area contributed by atoms with Crippen LogP contribution in [-0.4, -0.2) is 37.1 Å². The first kappa shape index (κ1) is 16.7. The average molecular weight is 344 g/mol. The van der Waals surface area contributed by atoms with Gasteiger partial charge in [0.1, 0.15) is 4.88 Å². The van der Waals surface area contributed by atoms with E-state index >= 15 is 0 Å². The molecule has 2 N–H and O–H groups in total. The van der Waals surface area contributed by atoms with E-state index in [1.165, 1.54) is 11.3 Å². The zero-order valence-corrected chi connectivity index (χ0v) is 14.1. The Bertz CT molecular complexity index is 708. The molecule has 1 amide bonds. The molecule has 2 heterocycles. The van der Waals surface area contributed by atoms with Gasteiger partial charge in [0.05, 0.1) is 5.69 Å². The van der Waals surface area contributed by atoms with Crippen molar-refractivity contribution in [2.45, 2.75) is 12.8 Å². The molecule has 0 spiro atoms. The smallest absolute Gasteiger partial charge is 0.348 e. The number of amides is 1. The molecule has 24 heavy (non-hydrogen) atoms. The van der Waals surface area contributed by atoms with Crippen LogP contribution in [0.2, 0.25) is 0 Å². The first-order valence-corrected chi connectivity index (χ1v) is 8.86. The Morgan fingerprint density at radius 2 is 2.00 bits per heavy atom. The highest BCUT2D eigenvalue weighted by molar-refractivity contribution is 7.18. The molecule has 1 saturated heterocycles. The average Bonchev–Trinajstić information content (AvgIpc) is 3.07. The summed E-state index contributed by atoms with van der Waals surface area (Å²) >= 11 is 1.21. The molecule has 0 saturated carbocycles. The van der Waals surface area contributed by atoms with Crippen molar-refractivity contribution < 1.29 is 14.7 Å².